The van der Waals surface area contributed by atoms with E-state index in [9.17, 15) is 14.4 Å². The highest BCUT2D eigenvalue weighted by molar-refractivity contribution is 7.17. The number of aryl methyl sites for hydroxylation is 1. The summed E-state index contributed by atoms with van der Waals surface area (Å²) in [6.45, 7) is 8.55. The molecule has 26 heavy (non-hydrogen) atoms. The molecular formula is C17H26N4O4S. The molecule has 1 aromatic rings. The van der Waals surface area contributed by atoms with E-state index in [0.29, 0.717) is 35.2 Å². The van der Waals surface area contributed by atoms with Gasteiger partial charge in [0.05, 0.1) is 18.2 Å². The molecule has 1 aliphatic rings. The molecule has 0 radical (unpaired) electrons. The summed E-state index contributed by atoms with van der Waals surface area (Å²) in [6.07, 6.45) is 1.49. The molecular weight excluding hydrogens is 356 g/mol. The molecule has 144 valence electrons. The van der Waals surface area contributed by atoms with Crippen LogP contribution in [-0.2, 0) is 9.53 Å². The monoisotopic (exact) mass is 382 g/mol. The summed E-state index contributed by atoms with van der Waals surface area (Å²) in [6, 6.07) is -0.0940. The molecule has 0 aliphatic carbocycles. The van der Waals surface area contributed by atoms with Crippen molar-refractivity contribution in [2.24, 2.45) is 5.92 Å². The summed E-state index contributed by atoms with van der Waals surface area (Å²) in [4.78, 5) is 42.9. The van der Waals surface area contributed by atoms with Crippen molar-refractivity contribution in [2.45, 2.75) is 46.6 Å². The van der Waals surface area contributed by atoms with E-state index in [4.69, 9.17) is 4.74 Å². The summed E-state index contributed by atoms with van der Waals surface area (Å²) < 4.78 is 4.98. The Morgan fingerprint density at radius 3 is 2.77 bits per heavy atom. The molecule has 1 fully saturated rings. The first kappa shape index (κ1) is 20.2. The zero-order valence-electron chi connectivity index (χ0n) is 15.6. The lowest BCUT2D eigenvalue weighted by molar-refractivity contribution is -0.121. The number of thiazole rings is 1. The topological polar surface area (TPSA) is 101 Å². The van der Waals surface area contributed by atoms with Crippen LogP contribution in [0.2, 0.25) is 0 Å². The molecule has 0 bridgehead atoms. The Hall–Kier alpha value is -2.16. The number of carbonyl (C=O) groups is 3. The van der Waals surface area contributed by atoms with E-state index in [1.165, 1.54) is 0 Å². The van der Waals surface area contributed by atoms with Crippen LogP contribution in [0, 0.1) is 12.8 Å². The first-order valence-corrected chi connectivity index (χ1v) is 9.64. The van der Waals surface area contributed by atoms with Crippen molar-refractivity contribution in [3.05, 3.63) is 10.6 Å². The molecule has 3 amide bonds. The molecule has 1 unspecified atom stereocenters. The number of nitrogens with one attached hydrogen (secondary N) is 2. The number of esters is 1. The third-order valence-corrected chi connectivity index (χ3v) is 5.03. The fourth-order valence-corrected chi connectivity index (χ4v) is 3.62. The van der Waals surface area contributed by atoms with E-state index in [0.717, 1.165) is 17.8 Å². The largest absolute Gasteiger partial charge is 0.462 e. The van der Waals surface area contributed by atoms with E-state index in [-0.39, 0.29) is 30.5 Å². The molecule has 9 heteroatoms. The van der Waals surface area contributed by atoms with E-state index >= 15 is 0 Å². The Labute approximate surface area is 157 Å². The van der Waals surface area contributed by atoms with Gasteiger partial charge in [-0.2, -0.15) is 0 Å². The van der Waals surface area contributed by atoms with Gasteiger partial charge in [-0.05, 0) is 40.5 Å². The number of rotatable bonds is 5. The summed E-state index contributed by atoms with van der Waals surface area (Å²) >= 11 is 1.10. The summed E-state index contributed by atoms with van der Waals surface area (Å²) in [7, 11) is 0. The van der Waals surface area contributed by atoms with Crippen molar-refractivity contribution >= 4 is 34.4 Å². The fourth-order valence-electron chi connectivity index (χ4n) is 2.76. The van der Waals surface area contributed by atoms with E-state index in [2.05, 4.69) is 15.6 Å². The van der Waals surface area contributed by atoms with Gasteiger partial charge in [0, 0.05) is 19.1 Å². The van der Waals surface area contributed by atoms with Gasteiger partial charge in [-0.25, -0.2) is 14.6 Å². The zero-order valence-corrected chi connectivity index (χ0v) is 16.4. The minimum absolute atomic E-state index is 0.0521. The van der Waals surface area contributed by atoms with Gasteiger partial charge in [-0.15, -0.1) is 0 Å². The average Bonchev–Trinajstić information content (AvgIpc) is 2.95. The number of nitrogens with zero attached hydrogens (tertiary/aromatic N) is 2. The van der Waals surface area contributed by atoms with Crippen LogP contribution >= 0.6 is 11.3 Å². The summed E-state index contributed by atoms with van der Waals surface area (Å²) in [5.74, 6) is -0.912. The van der Waals surface area contributed by atoms with E-state index < -0.39 is 5.97 Å². The third kappa shape index (κ3) is 5.17. The van der Waals surface area contributed by atoms with Crippen molar-refractivity contribution in [3.8, 4) is 0 Å². The Kier molecular flexibility index (Phi) is 6.96. The van der Waals surface area contributed by atoms with Gasteiger partial charge in [0.2, 0.25) is 5.91 Å². The number of anilines is 1. The second-order valence-corrected chi connectivity index (χ2v) is 7.53. The highest BCUT2D eigenvalue weighted by Gasteiger charge is 2.29. The van der Waals surface area contributed by atoms with Gasteiger partial charge >= 0.3 is 12.0 Å². The first-order valence-electron chi connectivity index (χ1n) is 8.82. The van der Waals surface area contributed by atoms with Crippen LogP contribution in [0.4, 0.5) is 9.93 Å². The number of hydrogen-bond acceptors (Lipinski definition) is 6. The maximum Gasteiger partial charge on any atom is 0.350 e. The lowest BCUT2D eigenvalue weighted by Crippen LogP contribution is -2.49. The number of carbonyl (C=O) groups excluding carboxylic acids is 3. The number of ether oxygens (including phenoxy) is 1. The molecule has 0 spiro atoms. The lowest BCUT2D eigenvalue weighted by Gasteiger charge is -2.32. The smallest absolute Gasteiger partial charge is 0.350 e. The lowest BCUT2D eigenvalue weighted by atomic mass is 9.97. The van der Waals surface area contributed by atoms with Gasteiger partial charge < -0.3 is 20.3 Å². The minimum Gasteiger partial charge on any atom is -0.462 e. The molecule has 2 N–H and O–H groups in total. The van der Waals surface area contributed by atoms with Gasteiger partial charge in [0.1, 0.15) is 4.88 Å². The van der Waals surface area contributed by atoms with E-state index in [1.54, 1.807) is 18.7 Å². The Balaban J connectivity index is 1.98. The van der Waals surface area contributed by atoms with Crippen LogP contribution in [0.25, 0.3) is 0 Å². The molecule has 1 atom stereocenters. The van der Waals surface area contributed by atoms with Gasteiger partial charge in [0.15, 0.2) is 5.13 Å². The molecule has 2 heterocycles. The summed E-state index contributed by atoms with van der Waals surface area (Å²) in [5.41, 5.74) is 0.533. The molecule has 0 saturated carbocycles. The van der Waals surface area contributed by atoms with Crippen LogP contribution in [-0.4, -0.2) is 53.5 Å². The van der Waals surface area contributed by atoms with Gasteiger partial charge in [0.25, 0.3) is 0 Å². The zero-order chi connectivity index (χ0) is 19.3. The third-order valence-electron chi connectivity index (χ3n) is 3.98. The van der Waals surface area contributed by atoms with Crippen molar-refractivity contribution in [1.29, 1.82) is 0 Å². The first-order chi connectivity index (χ1) is 12.3. The quantitative estimate of drug-likeness (QED) is 0.762. The average molecular weight is 382 g/mol. The number of likely N-dealkylation sites (tertiary alicyclic amines) is 1. The highest BCUT2D eigenvalue weighted by atomic mass is 32.1. The molecule has 2 rings (SSSR count). The van der Waals surface area contributed by atoms with Crippen LogP contribution < -0.4 is 10.6 Å². The van der Waals surface area contributed by atoms with Crippen molar-refractivity contribution < 1.29 is 19.1 Å². The molecule has 8 nitrogen and oxygen atoms in total. The number of amides is 3. The Morgan fingerprint density at radius 1 is 1.38 bits per heavy atom. The van der Waals surface area contributed by atoms with Crippen molar-refractivity contribution in [1.82, 2.24) is 15.2 Å². The standard InChI is InChI=1S/C17H26N4O4S/c1-5-25-15(23)13-11(4)19-16(26-13)20-14(22)12-7-6-8-21(9-12)17(24)18-10(2)3/h10,12H,5-9H2,1-4H3,(H,18,24)(H,19,20,22). The molecule has 0 aromatic carbocycles. The van der Waals surface area contributed by atoms with Crippen LogP contribution in [0.3, 0.4) is 0 Å². The van der Waals surface area contributed by atoms with Crippen LogP contribution in [0.1, 0.15) is 49.0 Å². The van der Waals surface area contributed by atoms with Crippen LogP contribution in [0.5, 0.6) is 0 Å². The number of aromatic nitrogens is 1. The normalized spacial score (nSPS) is 17.1. The van der Waals surface area contributed by atoms with Crippen molar-refractivity contribution in [3.63, 3.8) is 0 Å². The fraction of sp³-hybridized carbons (Fsp3) is 0.647. The molecule has 1 aliphatic heterocycles. The maximum absolute atomic E-state index is 12.6. The number of urea groups is 1. The van der Waals surface area contributed by atoms with Gasteiger partial charge in [-0.1, -0.05) is 11.3 Å². The Morgan fingerprint density at radius 2 is 2.12 bits per heavy atom. The number of hydrogen-bond donors (Lipinski definition) is 2. The second kappa shape index (κ2) is 8.98. The molecule has 1 saturated heterocycles. The summed E-state index contributed by atoms with van der Waals surface area (Å²) in [5, 5.41) is 6.00. The second-order valence-electron chi connectivity index (χ2n) is 6.53. The maximum atomic E-state index is 12.6. The van der Waals surface area contributed by atoms with Gasteiger partial charge in [-0.3, -0.25) is 4.79 Å². The van der Waals surface area contributed by atoms with Crippen molar-refractivity contribution in [2.75, 3.05) is 25.0 Å². The predicted octanol–water partition coefficient (Wildman–Crippen LogP) is 2.40. The highest BCUT2D eigenvalue weighted by Crippen LogP contribution is 2.25. The SMILES string of the molecule is CCOC(=O)c1sc(NC(=O)C2CCCN(C(=O)NC(C)C)C2)nc1C. The van der Waals surface area contributed by atoms with Crippen LogP contribution in [0.15, 0.2) is 0 Å². The number of piperidine rings is 1. The van der Waals surface area contributed by atoms with E-state index in [1.807, 2.05) is 13.8 Å². The predicted molar refractivity (Wildman–Crippen MR) is 99.4 cm³/mol. The molecule has 1 aromatic heterocycles. The minimum atomic E-state index is -0.433. The Bertz CT molecular complexity index is 674.